The standard InChI is InChI=1S/C20H22ClN3O4/c1-13-9-17(5-6-18(13)21)28-12-19(26)24-14(2)7-8-22-20(27)15-3-4-16(11-25)23-10-15/h3-6,9-10,25H,2,7-8,11-12H2,1H3,(H,22,27)(H,24,26). The number of aliphatic hydroxyl groups excluding tert-OH is 1. The number of aliphatic hydroxyl groups is 1. The van der Waals surface area contributed by atoms with Gasteiger partial charge in [-0.05, 0) is 42.8 Å². The average Bonchev–Trinajstić information content (AvgIpc) is 2.68. The molecule has 0 saturated carbocycles. The normalized spacial score (nSPS) is 10.2. The number of ether oxygens (including phenoxy) is 1. The van der Waals surface area contributed by atoms with E-state index in [1.54, 1.807) is 30.3 Å². The van der Waals surface area contributed by atoms with Gasteiger partial charge in [-0.1, -0.05) is 18.2 Å². The number of amides is 2. The summed E-state index contributed by atoms with van der Waals surface area (Å²) in [6.45, 7) is 5.59. The Morgan fingerprint density at radius 3 is 2.71 bits per heavy atom. The first-order valence-electron chi connectivity index (χ1n) is 8.59. The number of benzene rings is 1. The molecule has 1 heterocycles. The van der Waals surface area contributed by atoms with E-state index < -0.39 is 0 Å². The van der Waals surface area contributed by atoms with Crippen LogP contribution in [0.2, 0.25) is 5.02 Å². The molecule has 0 aliphatic rings. The van der Waals surface area contributed by atoms with Crippen LogP contribution in [0.25, 0.3) is 0 Å². The lowest BCUT2D eigenvalue weighted by Gasteiger charge is -2.11. The SMILES string of the molecule is C=C(CCNC(=O)c1ccc(CO)nc1)NC(=O)COc1ccc(Cl)c(C)c1. The van der Waals surface area contributed by atoms with Gasteiger partial charge >= 0.3 is 0 Å². The number of nitrogens with one attached hydrogen (secondary N) is 2. The van der Waals surface area contributed by atoms with E-state index in [0.717, 1.165) is 5.56 Å². The zero-order valence-electron chi connectivity index (χ0n) is 15.5. The number of hydrogen-bond donors (Lipinski definition) is 3. The molecule has 0 aliphatic heterocycles. The van der Waals surface area contributed by atoms with Crippen molar-refractivity contribution in [1.29, 1.82) is 0 Å². The lowest BCUT2D eigenvalue weighted by atomic mass is 10.2. The van der Waals surface area contributed by atoms with Gasteiger partial charge in [0.15, 0.2) is 6.61 Å². The number of aromatic nitrogens is 1. The van der Waals surface area contributed by atoms with Gasteiger partial charge in [0.1, 0.15) is 5.75 Å². The molecule has 0 unspecified atom stereocenters. The molecule has 0 bridgehead atoms. The van der Waals surface area contributed by atoms with Crippen LogP contribution < -0.4 is 15.4 Å². The number of aryl methyl sites for hydroxylation is 1. The lowest BCUT2D eigenvalue weighted by Crippen LogP contribution is -2.31. The Morgan fingerprint density at radius 2 is 2.07 bits per heavy atom. The largest absolute Gasteiger partial charge is 0.484 e. The molecule has 0 saturated heterocycles. The quantitative estimate of drug-likeness (QED) is 0.596. The maximum absolute atomic E-state index is 12.0. The van der Waals surface area contributed by atoms with E-state index >= 15 is 0 Å². The van der Waals surface area contributed by atoms with Gasteiger partial charge < -0.3 is 20.5 Å². The van der Waals surface area contributed by atoms with Crippen molar-refractivity contribution in [2.45, 2.75) is 20.0 Å². The molecule has 0 aliphatic carbocycles. The second-order valence-electron chi connectivity index (χ2n) is 6.05. The van der Waals surface area contributed by atoms with Crippen molar-refractivity contribution in [3.05, 3.63) is 70.6 Å². The molecule has 8 heteroatoms. The first-order valence-corrected chi connectivity index (χ1v) is 8.97. The van der Waals surface area contributed by atoms with Crippen molar-refractivity contribution in [2.75, 3.05) is 13.2 Å². The predicted octanol–water partition coefficient (Wildman–Crippen LogP) is 2.36. The van der Waals surface area contributed by atoms with Gasteiger partial charge in [0.05, 0.1) is 17.9 Å². The highest BCUT2D eigenvalue weighted by molar-refractivity contribution is 6.31. The average molecular weight is 404 g/mol. The van der Waals surface area contributed by atoms with Gasteiger partial charge in [0, 0.05) is 29.9 Å². The Morgan fingerprint density at radius 1 is 1.29 bits per heavy atom. The van der Waals surface area contributed by atoms with Crippen LogP contribution in [-0.4, -0.2) is 35.1 Å². The van der Waals surface area contributed by atoms with E-state index in [0.29, 0.717) is 40.7 Å². The molecule has 2 rings (SSSR count). The molecule has 2 amide bonds. The summed E-state index contributed by atoms with van der Waals surface area (Å²) in [5, 5.41) is 14.9. The van der Waals surface area contributed by atoms with E-state index in [2.05, 4.69) is 22.2 Å². The molecule has 2 aromatic rings. The van der Waals surface area contributed by atoms with Crippen LogP contribution in [0.5, 0.6) is 5.75 Å². The molecule has 1 aromatic carbocycles. The van der Waals surface area contributed by atoms with Crippen LogP contribution in [0, 0.1) is 6.92 Å². The third kappa shape index (κ3) is 6.68. The zero-order valence-corrected chi connectivity index (χ0v) is 16.3. The summed E-state index contributed by atoms with van der Waals surface area (Å²) in [4.78, 5) is 27.9. The van der Waals surface area contributed by atoms with Crippen LogP contribution in [0.4, 0.5) is 0 Å². The van der Waals surface area contributed by atoms with Crippen molar-refractivity contribution in [2.24, 2.45) is 0 Å². The van der Waals surface area contributed by atoms with Crippen LogP contribution in [0.3, 0.4) is 0 Å². The molecule has 0 spiro atoms. The summed E-state index contributed by atoms with van der Waals surface area (Å²) in [6.07, 6.45) is 1.77. The van der Waals surface area contributed by atoms with Crippen LogP contribution in [0.1, 0.15) is 28.0 Å². The molecule has 0 atom stereocenters. The van der Waals surface area contributed by atoms with Gasteiger partial charge in [-0.15, -0.1) is 0 Å². The Labute approximate surface area is 168 Å². The summed E-state index contributed by atoms with van der Waals surface area (Å²) in [5.74, 6) is -0.0824. The first kappa shape index (κ1) is 21.4. The second-order valence-corrected chi connectivity index (χ2v) is 6.46. The van der Waals surface area contributed by atoms with Crippen LogP contribution in [0.15, 0.2) is 48.8 Å². The topological polar surface area (TPSA) is 101 Å². The number of carbonyl (C=O) groups excluding carboxylic acids is 2. The minimum atomic E-state index is -0.340. The maximum atomic E-state index is 12.0. The van der Waals surface area contributed by atoms with E-state index in [4.69, 9.17) is 21.4 Å². The Kier molecular flexibility index (Phi) is 7.98. The van der Waals surface area contributed by atoms with Crippen LogP contribution in [-0.2, 0) is 11.4 Å². The second kappa shape index (κ2) is 10.4. The maximum Gasteiger partial charge on any atom is 0.262 e. The molecular weight excluding hydrogens is 382 g/mol. The highest BCUT2D eigenvalue weighted by Crippen LogP contribution is 2.20. The number of pyridine rings is 1. The number of carbonyl (C=O) groups is 2. The fourth-order valence-electron chi connectivity index (χ4n) is 2.23. The summed E-state index contributed by atoms with van der Waals surface area (Å²) in [6, 6.07) is 8.31. The number of hydrogen-bond acceptors (Lipinski definition) is 5. The molecule has 28 heavy (non-hydrogen) atoms. The third-order valence-corrected chi connectivity index (χ3v) is 4.20. The first-order chi connectivity index (χ1) is 13.4. The van der Waals surface area contributed by atoms with Gasteiger partial charge in [-0.3, -0.25) is 14.6 Å². The van der Waals surface area contributed by atoms with E-state index in [1.807, 2.05) is 6.92 Å². The Hall–Kier alpha value is -2.90. The fourth-order valence-corrected chi connectivity index (χ4v) is 2.35. The zero-order chi connectivity index (χ0) is 20.5. The summed E-state index contributed by atoms with van der Waals surface area (Å²) in [7, 11) is 0. The Bertz CT molecular complexity index is 853. The predicted molar refractivity (Wildman–Crippen MR) is 106 cm³/mol. The minimum Gasteiger partial charge on any atom is -0.484 e. The van der Waals surface area contributed by atoms with Crippen molar-refractivity contribution >= 4 is 23.4 Å². The summed E-state index contributed by atoms with van der Waals surface area (Å²) < 4.78 is 5.42. The van der Waals surface area contributed by atoms with Crippen LogP contribution >= 0.6 is 11.6 Å². The van der Waals surface area contributed by atoms with Gasteiger partial charge in [-0.25, -0.2) is 0 Å². The van der Waals surface area contributed by atoms with Crippen molar-refractivity contribution in [3.8, 4) is 5.75 Å². The van der Waals surface area contributed by atoms with Crippen molar-refractivity contribution in [1.82, 2.24) is 15.6 Å². The Balaban J connectivity index is 1.68. The van der Waals surface area contributed by atoms with E-state index in [-0.39, 0.29) is 25.0 Å². The molecular formula is C20H22ClN3O4. The highest BCUT2D eigenvalue weighted by Gasteiger charge is 2.08. The number of rotatable bonds is 9. The van der Waals surface area contributed by atoms with Crippen molar-refractivity contribution < 1.29 is 19.4 Å². The highest BCUT2D eigenvalue weighted by atomic mass is 35.5. The molecule has 7 nitrogen and oxygen atoms in total. The lowest BCUT2D eigenvalue weighted by molar-refractivity contribution is -0.122. The van der Waals surface area contributed by atoms with Gasteiger partial charge in [-0.2, -0.15) is 0 Å². The molecule has 3 N–H and O–H groups in total. The monoisotopic (exact) mass is 403 g/mol. The van der Waals surface area contributed by atoms with Gasteiger partial charge in [0.2, 0.25) is 0 Å². The van der Waals surface area contributed by atoms with Crippen molar-refractivity contribution in [3.63, 3.8) is 0 Å². The summed E-state index contributed by atoms with van der Waals surface area (Å²) >= 11 is 5.95. The van der Waals surface area contributed by atoms with Gasteiger partial charge in [0.25, 0.3) is 11.8 Å². The third-order valence-electron chi connectivity index (χ3n) is 3.78. The van der Waals surface area contributed by atoms with E-state index in [9.17, 15) is 9.59 Å². The molecule has 0 fully saturated rings. The molecule has 148 valence electrons. The number of nitrogens with zero attached hydrogens (tertiary/aromatic N) is 1. The molecule has 0 radical (unpaired) electrons. The van der Waals surface area contributed by atoms with E-state index in [1.165, 1.54) is 6.20 Å². The number of halogens is 1. The molecule has 1 aromatic heterocycles. The fraction of sp³-hybridized carbons (Fsp3) is 0.250. The minimum absolute atomic E-state index is 0.157. The summed E-state index contributed by atoms with van der Waals surface area (Å²) in [5.41, 5.74) is 2.21. The smallest absolute Gasteiger partial charge is 0.262 e.